The molecule has 0 radical (unpaired) electrons. The van der Waals surface area contributed by atoms with Crippen LogP contribution in [0.15, 0.2) is 20.1 Å². The molecule has 1 N–H and O–H groups in total. The highest BCUT2D eigenvalue weighted by atomic mass is 79.9. The minimum atomic E-state index is -3.35. The van der Waals surface area contributed by atoms with E-state index in [1.807, 2.05) is 5.38 Å². The van der Waals surface area contributed by atoms with Crippen molar-refractivity contribution in [3.63, 3.8) is 0 Å². The summed E-state index contributed by atoms with van der Waals surface area (Å²) in [5.41, 5.74) is 0.146. The summed E-state index contributed by atoms with van der Waals surface area (Å²) in [6, 6.07) is 1.80. The Kier molecular flexibility index (Phi) is 4.25. The van der Waals surface area contributed by atoms with E-state index >= 15 is 0 Å². The zero-order chi connectivity index (χ0) is 14.2. The molecule has 1 aromatic rings. The van der Waals surface area contributed by atoms with Crippen molar-refractivity contribution < 1.29 is 8.42 Å². The van der Waals surface area contributed by atoms with E-state index in [4.69, 9.17) is 0 Å². The monoisotopic (exact) mass is 378 g/mol. The van der Waals surface area contributed by atoms with Gasteiger partial charge in [-0.25, -0.2) is 8.42 Å². The quantitative estimate of drug-likeness (QED) is 0.860. The van der Waals surface area contributed by atoms with Crippen molar-refractivity contribution >= 4 is 37.3 Å². The Balaban J connectivity index is 1.85. The molecule has 0 aliphatic carbocycles. The Bertz CT molecular complexity index is 573. The lowest BCUT2D eigenvalue weighted by molar-refractivity contribution is 0.110. The molecular formula is C13H19BrN2O2S2. The molecule has 4 nitrogen and oxygen atoms in total. The Morgan fingerprint density at radius 1 is 1.35 bits per heavy atom. The topological polar surface area (TPSA) is 49.4 Å². The molecule has 0 bridgehead atoms. The summed E-state index contributed by atoms with van der Waals surface area (Å²) in [4.78, 5) is 0. The van der Waals surface area contributed by atoms with E-state index in [1.165, 1.54) is 11.3 Å². The molecular weight excluding hydrogens is 360 g/mol. The van der Waals surface area contributed by atoms with Crippen molar-refractivity contribution in [3.05, 3.63) is 15.9 Å². The normalized spacial score (nSPS) is 28.9. The second-order valence-corrected chi connectivity index (χ2v) is 9.68. The Morgan fingerprint density at radius 2 is 2.15 bits per heavy atom. The van der Waals surface area contributed by atoms with Gasteiger partial charge in [-0.2, -0.15) is 4.31 Å². The molecule has 112 valence electrons. The van der Waals surface area contributed by atoms with E-state index in [0.29, 0.717) is 21.8 Å². The summed E-state index contributed by atoms with van der Waals surface area (Å²) in [6.45, 7) is 3.32. The molecule has 0 saturated carbocycles. The van der Waals surface area contributed by atoms with Gasteiger partial charge in [0.2, 0.25) is 0 Å². The van der Waals surface area contributed by atoms with Crippen molar-refractivity contribution in [1.82, 2.24) is 9.62 Å². The van der Waals surface area contributed by atoms with Crippen LogP contribution in [-0.4, -0.2) is 38.9 Å². The van der Waals surface area contributed by atoms with Crippen molar-refractivity contribution in [2.75, 3.05) is 26.2 Å². The smallest absolute Gasteiger partial charge is 0.253 e. The van der Waals surface area contributed by atoms with Gasteiger partial charge in [-0.05, 0) is 65.0 Å². The first-order chi connectivity index (χ1) is 9.54. The fraction of sp³-hybridized carbons (Fsp3) is 0.692. The summed E-state index contributed by atoms with van der Waals surface area (Å²) in [6.07, 6.45) is 4.38. The van der Waals surface area contributed by atoms with Gasteiger partial charge in [0, 0.05) is 24.1 Å². The molecule has 2 aliphatic rings. The molecule has 0 aromatic carbocycles. The SMILES string of the molecule is O=S(=O)(c1sccc1Br)N1CCCC2(CCCNC2)C1. The van der Waals surface area contributed by atoms with Gasteiger partial charge in [0.1, 0.15) is 4.21 Å². The third kappa shape index (κ3) is 2.70. The fourth-order valence-corrected chi connectivity index (χ4v) is 7.37. The molecule has 2 aliphatic heterocycles. The molecule has 3 heterocycles. The molecule has 1 atom stereocenters. The highest BCUT2D eigenvalue weighted by molar-refractivity contribution is 9.10. The largest absolute Gasteiger partial charge is 0.316 e. The Morgan fingerprint density at radius 3 is 2.80 bits per heavy atom. The number of halogens is 1. The molecule has 1 spiro atoms. The highest BCUT2D eigenvalue weighted by Gasteiger charge is 2.41. The zero-order valence-corrected chi connectivity index (χ0v) is 14.5. The molecule has 2 fully saturated rings. The second kappa shape index (κ2) is 5.68. The first-order valence-electron chi connectivity index (χ1n) is 6.97. The van der Waals surface area contributed by atoms with Gasteiger partial charge in [-0.15, -0.1) is 11.3 Å². The van der Waals surface area contributed by atoms with E-state index < -0.39 is 10.0 Å². The maximum absolute atomic E-state index is 12.8. The Hall–Kier alpha value is 0.0500. The van der Waals surface area contributed by atoms with E-state index in [2.05, 4.69) is 21.2 Å². The third-order valence-electron chi connectivity index (χ3n) is 4.35. The number of nitrogens with one attached hydrogen (secondary N) is 1. The van der Waals surface area contributed by atoms with Gasteiger partial charge in [0.25, 0.3) is 10.0 Å². The molecule has 0 amide bonds. The van der Waals surface area contributed by atoms with Crippen molar-refractivity contribution in [2.45, 2.75) is 29.9 Å². The van der Waals surface area contributed by atoms with Crippen molar-refractivity contribution in [2.24, 2.45) is 5.41 Å². The summed E-state index contributed by atoms with van der Waals surface area (Å²) in [7, 11) is -3.35. The molecule has 7 heteroatoms. The number of sulfonamides is 1. The maximum Gasteiger partial charge on any atom is 0.253 e. The Labute approximate surface area is 132 Å². The lowest BCUT2D eigenvalue weighted by Gasteiger charge is -2.44. The van der Waals surface area contributed by atoms with E-state index in [9.17, 15) is 8.42 Å². The number of thiophene rings is 1. The second-order valence-electron chi connectivity index (χ2n) is 5.78. The van der Waals surface area contributed by atoms with E-state index in [0.717, 1.165) is 38.8 Å². The predicted molar refractivity (Wildman–Crippen MR) is 84.5 cm³/mol. The van der Waals surface area contributed by atoms with Crippen LogP contribution in [0.25, 0.3) is 0 Å². The standard InChI is InChI=1S/C13H19BrN2O2S2/c14-11-3-8-19-12(11)20(17,18)16-7-2-5-13(10-16)4-1-6-15-9-13/h3,8,15H,1-2,4-7,9-10H2. The van der Waals surface area contributed by atoms with Crippen LogP contribution < -0.4 is 5.32 Å². The van der Waals surface area contributed by atoms with Crippen LogP contribution in [0.3, 0.4) is 0 Å². The first kappa shape index (κ1) is 15.0. The van der Waals surface area contributed by atoms with Crippen LogP contribution in [0, 0.1) is 5.41 Å². The van der Waals surface area contributed by atoms with Gasteiger partial charge in [0.15, 0.2) is 0 Å². The number of hydrogen-bond acceptors (Lipinski definition) is 4. The zero-order valence-electron chi connectivity index (χ0n) is 11.3. The third-order valence-corrected chi connectivity index (χ3v) is 8.84. The molecule has 1 unspecified atom stereocenters. The number of rotatable bonds is 2. The molecule has 20 heavy (non-hydrogen) atoms. The number of hydrogen-bond donors (Lipinski definition) is 1. The van der Waals surface area contributed by atoms with Crippen LogP contribution >= 0.6 is 27.3 Å². The van der Waals surface area contributed by atoms with Gasteiger partial charge < -0.3 is 5.32 Å². The minimum Gasteiger partial charge on any atom is -0.316 e. The van der Waals surface area contributed by atoms with Gasteiger partial charge in [-0.3, -0.25) is 0 Å². The summed E-state index contributed by atoms with van der Waals surface area (Å²) < 4.78 is 28.4. The summed E-state index contributed by atoms with van der Waals surface area (Å²) in [5, 5.41) is 5.25. The van der Waals surface area contributed by atoms with Crippen molar-refractivity contribution in [3.8, 4) is 0 Å². The van der Waals surface area contributed by atoms with Gasteiger partial charge in [0.05, 0.1) is 0 Å². The molecule has 2 saturated heterocycles. The number of piperidine rings is 2. The highest BCUT2D eigenvalue weighted by Crippen LogP contribution is 2.39. The molecule has 1 aromatic heterocycles. The average molecular weight is 379 g/mol. The van der Waals surface area contributed by atoms with Crippen LogP contribution in [0.5, 0.6) is 0 Å². The lowest BCUT2D eigenvalue weighted by Crippen LogP contribution is -2.52. The maximum atomic E-state index is 12.8. The van der Waals surface area contributed by atoms with Gasteiger partial charge >= 0.3 is 0 Å². The van der Waals surface area contributed by atoms with Crippen LogP contribution in [0.2, 0.25) is 0 Å². The van der Waals surface area contributed by atoms with E-state index in [-0.39, 0.29) is 5.41 Å². The van der Waals surface area contributed by atoms with Crippen molar-refractivity contribution in [1.29, 1.82) is 0 Å². The predicted octanol–water partition coefficient (Wildman–Crippen LogP) is 2.66. The first-order valence-corrected chi connectivity index (χ1v) is 10.1. The van der Waals surface area contributed by atoms with E-state index in [1.54, 1.807) is 10.4 Å². The average Bonchev–Trinajstić information content (AvgIpc) is 2.87. The molecule has 3 rings (SSSR count). The minimum absolute atomic E-state index is 0.146. The number of nitrogens with zero attached hydrogens (tertiary/aromatic N) is 1. The van der Waals surface area contributed by atoms with Gasteiger partial charge in [-0.1, -0.05) is 0 Å². The van der Waals surface area contributed by atoms with Crippen LogP contribution in [0.1, 0.15) is 25.7 Å². The van der Waals surface area contributed by atoms with Crippen LogP contribution in [0.4, 0.5) is 0 Å². The lowest BCUT2D eigenvalue weighted by atomic mass is 9.75. The summed E-state index contributed by atoms with van der Waals surface area (Å²) in [5.74, 6) is 0. The summed E-state index contributed by atoms with van der Waals surface area (Å²) >= 11 is 4.64. The van der Waals surface area contributed by atoms with Crippen LogP contribution in [-0.2, 0) is 10.0 Å². The fourth-order valence-electron chi connectivity index (χ4n) is 3.33.